The van der Waals surface area contributed by atoms with Crippen LogP contribution in [0.25, 0.3) is 16.8 Å². The number of aromatic nitrogens is 2. The number of ether oxygens (including phenoxy) is 1. The highest BCUT2D eigenvalue weighted by Gasteiger charge is 2.35. The molecule has 0 aliphatic heterocycles. The van der Waals surface area contributed by atoms with Gasteiger partial charge in [0.2, 0.25) is 5.91 Å². The number of nitrogens with zero attached hydrogens (tertiary/aromatic N) is 2. The minimum atomic E-state index is -4.64. The van der Waals surface area contributed by atoms with E-state index in [4.69, 9.17) is 9.15 Å². The van der Waals surface area contributed by atoms with Crippen LogP contribution in [-0.2, 0) is 26.9 Å². The first-order chi connectivity index (χ1) is 14.7. The normalized spacial score (nSPS) is 12.7. The Kier molecular flexibility index (Phi) is 6.94. The lowest BCUT2D eigenvalue weighted by Gasteiger charge is -2.15. The Bertz CT molecular complexity index is 1060. The third-order valence-corrected chi connectivity index (χ3v) is 5.18. The molecule has 1 unspecified atom stereocenters. The van der Waals surface area contributed by atoms with Gasteiger partial charge in [-0.05, 0) is 30.6 Å². The van der Waals surface area contributed by atoms with Crippen LogP contribution in [0, 0.1) is 0 Å². The molecule has 3 aromatic heterocycles. The second-order valence-electron chi connectivity index (χ2n) is 6.72. The Morgan fingerprint density at radius 3 is 2.71 bits per heavy atom. The average Bonchev–Trinajstić information content (AvgIpc) is 3.38. The summed E-state index contributed by atoms with van der Waals surface area (Å²) in [5.41, 5.74) is -0.319. The monoisotopic (exact) mass is 455 g/mol. The molecule has 1 atom stereocenters. The molecule has 166 valence electrons. The van der Waals surface area contributed by atoms with E-state index < -0.39 is 29.7 Å². The Morgan fingerprint density at radius 1 is 1.32 bits per heavy atom. The van der Waals surface area contributed by atoms with E-state index in [9.17, 15) is 22.8 Å². The number of esters is 1. The minimum absolute atomic E-state index is 0.140. The third kappa shape index (κ3) is 5.40. The number of furan rings is 1. The Hall–Kier alpha value is -2.95. The number of hydrogen-bond donors (Lipinski definition) is 1. The number of amides is 1. The van der Waals surface area contributed by atoms with E-state index in [-0.39, 0.29) is 17.8 Å². The smallest absolute Gasteiger partial charge is 0.420 e. The zero-order valence-electron chi connectivity index (χ0n) is 16.7. The van der Waals surface area contributed by atoms with Crippen molar-refractivity contribution in [2.75, 3.05) is 19.1 Å². The van der Waals surface area contributed by atoms with Gasteiger partial charge in [0, 0.05) is 23.5 Å². The van der Waals surface area contributed by atoms with Crippen LogP contribution in [0.3, 0.4) is 0 Å². The fraction of sp³-hybridized carbons (Fsp3) is 0.350. The van der Waals surface area contributed by atoms with Gasteiger partial charge >= 0.3 is 12.1 Å². The van der Waals surface area contributed by atoms with Crippen LogP contribution < -0.4 is 5.32 Å². The van der Waals surface area contributed by atoms with Crippen molar-refractivity contribution in [3.05, 3.63) is 48.3 Å². The lowest BCUT2D eigenvalue weighted by atomic mass is 10.1. The molecule has 7 nitrogen and oxygen atoms in total. The van der Waals surface area contributed by atoms with Crippen molar-refractivity contribution in [1.29, 1.82) is 0 Å². The summed E-state index contributed by atoms with van der Waals surface area (Å²) in [6.07, 6.45) is 2.87. The van der Waals surface area contributed by atoms with Crippen LogP contribution in [0.4, 0.5) is 13.2 Å². The van der Waals surface area contributed by atoms with E-state index >= 15 is 0 Å². The van der Waals surface area contributed by atoms with Crippen molar-refractivity contribution < 1.29 is 31.9 Å². The molecule has 1 N–H and O–H groups in total. The summed E-state index contributed by atoms with van der Waals surface area (Å²) < 4.78 is 51.7. The fourth-order valence-electron chi connectivity index (χ4n) is 3.07. The molecule has 11 heteroatoms. The number of methoxy groups -OCH3 is 1. The molecule has 3 heterocycles. The zero-order chi connectivity index (χ0) is 22.6. The molecule has 0 saturated carbocycles. The van der Waals surface area contributed by atoms with Crippen LogP contribution in [0.1, 0.15) is 17.7 Å². The Balaban J connectivity index is 1.88. The van der Waals surface area contributed by atoms with Crippen molar-refractivity contribution in [2.24, 2.45) is 0 Å². The molecule has 0 aliphatic carbocycles. The van der Waals surface area contributed by atoms with Gasteiger partial charge in [-0.25, -0.2) is 9.78 Å². The van der Waals surface area contributed by atoms with E-state index in [2.05, 4.69) is 10.3 Å². The number of nitrogens with one attached hydrogen (secondary N) is 1. The van der Waals surface area contributed by atoms with Gasteiger partial charge in [0.25, 0.3) is 0 Å². The first-order valence-electron chi connectivity index (χ1n) is 9.20. The molecular weight excluding hydrogens is 435 g/mol. The molecule has 3 rings (SSSR count). The Morgan fingerprint density at radius 2 is 2.10 bits per heavy atom. The zero-order valence-corrected chi connectivity index (χ0v) is 17.5. The molecule has 1 amide bonds. The van der Waals surface area contributed by atoms with E-state index in [1.807, 2.05) is 6.26 Å². The largest absolute Gasteiger partial charge is 0.472 e. The van der Waals surface area contributed by atoms with Crippen LogP contribution in [0.2, 0.25) is 0 Å². The van der Waals surface area contributed by atoms with Gasteiger partial charge in [-0.15, -0.1) is 0 Å². The maximum absolute atomic E-state index is 13.6. The first kappa shape index (κ1) is 22.7. The quantitative estimate of drug-likeness (QED) is 0.523. The number of hydrogen-bond acceptors (Lipinski definition) is 6. The minimum Gasteiger partial charge on any atom is -0.472 e. The van der Waals surface area contributed by atoms with Crippen molar-refractivity contribution in [3.63, 3.8) is 0 Å². The molecule has 31 heavy (non-hydrogen) atoms. The third-order valence-electron chi connectivity index (χ3n) is 4.53. The number of fused-ring (bicyclic) bond motifs is 1. The Labute approximate surface area is 180 Å². The summed E-state index contributed by atoms with van der Waals surface area (Å²) >= 11 is 1.51. The number of pyridine rings is 1. The molecular formula is C20H20F3N3O4S. The molecule has 3 aromatic rings. The van der Waals surface area contributed by atoms with Gasteiger partial charge in [-0.3, -0.25) is 4.79 Å². The predicted molar refractivity (Wildman–Crippen MR) is 109 cm³/mol. The van der Waals surface area contributed by atoms with Crippen LogP contribution in [-0.4, -0.2) is 46.4 Å². The lowest BCUT2D eigenvalue weighted by molar-refractivity contribution is -0.145. The highest BCUT2D eigenvalue weighted by atomic mass is 32.2. The van der Waals surface area contributed by atoms with Crippen molar-refractivity contribution in [3.8, 4) is 11.1 Å². The molecule has 0 radical (unpaired) electrons. The van der Waals surface area contributed by atoms with Crippen LogP contribution >= 0.6 is 11.8 Å². The number of thioether (sulfide) groups is 1. The van der Waals surface area contributed by atoms with Crippen LogP contribution in [0.15, 0.2) is 41.5 Å². The summed E-state index contributed by atoms with van der Waals surface area (Å²) in [4.78, 5) is 28.3. The van der Waals surface area contributed by atoms with E-state index in [1.165, 1.54) is 48.2 Å². The predicted octanol–water partition coefficient (Wildman–Crippen LogP) is 3.57. The summed E-state index contributed by atoms with van der Waals surface area (Å²) in [6.45, 7) is 0. The second-order valence-corrected chi connectivity index (χ2v) is 7.70. The SMILES string of the molecule is COC(=O)C(CCSC)NC(=O)Cc1cn2cc(-c3ccoc3)cc(C(F)(F)F)c2n1. The van der Waals surface area contributed by atoms with Gasteiger partial charge in [0.1, 0.15) is 11.7 Å². The highest BCUT2D eigenvalue weighted by Crippen LogP contribution is 2.35. The number of alkyl halides is 3. The maximum atomic E-state index is 13.6. The van der Waals surface area contributed by atoms with E-state index in [0.717, 1.165) is 6.07 Å². The fourth-order valence-corrected chi connectivity index (χ4v) is 3.54. The number of rotatable bonds is 8. The van der Waals surface area contributed by atoms with Crippen molar-refractivity contribution in [2.45, 2.75) is 25.1 Å². The first-order valence-corrected chi connectivity index (χ1v) is 10.6. The molecule has 0 fully saturated rings. The molecule has 0 bridgehead atoms. The summed E-state index contributed by atoms with van der Waals surface area (Å²) in [7, 11) is 1.22. The van der Waals surface area contributed by atoms with Crippen molar-refractivity contribution >= 4 is 29.3 Å². The van der Waals surface area contributed by atoms with Gasteiger partial charge in [-0.1, -0.05) is 0 Å². The molecule has 0 aromatic carbocycles. The molecule has 0 saturated heterocycles. The second kappa shape index (κ2) is 9.46. The van der Waals surface area contributed by atoms with Crippen molar-refractivity contribution in [1.82, 2.24) is 14.7 Å². The van der Waals surface area contributed by atoms with Gasteiger partial charge < -0.3 is 18.9 Å². The van der Waals surface area contributed by atoms with E-state index in [1.54, 1.807) is 6.07 Å². The summed E-state index contributed by atoms with van der Waals surface area (Å²) in [5, 5.41) is 2.56. The lowest BCUT2D eigenvalue weighted by Crippen LogP contribution is -2.42. The summed E-state index contributed by atoms with van der Waals surface area (Å²) in [5.74, 6) is -0.495. The van der Waals surface area contributed by atoms with Gasteiger partial charge in [0.15, 0.2) is 0 Å². The highest BCUT2D eigenvalue weighted by molar-refractivity contribution is 7.98. The van der Waals surface area contributed by atoms with Gasteiger partial charge in [-0.2, -0.15) is 24.9 Å². The number of carbonyl (C=O) groups excluding carboxylic acids is 2. The number of carbonyl (C=O) groups is 2. The standard InChI is InChI=1S/C20H20F3N3O4S/c1-29-19(28)16(4-6-31-2)25-17(27)8-14-10-26-9-13(12-3-5-30-11-12)7-15(18(26)24-14)20(21,22)23/h3,5,7,9-11,16H,4,6,8H2,1-2H3,(H,25,27). The average molecular weight is 455 g/mol. The maximum Gasteiger partial charge on any atom is 0.420 e. The van der Waals surface area contributed by atoms with Gasteiger partial charge in [0.05, 0.1) is 37.3 Å². The van der Waals surface area contributed by atoms with Crippen LogP contribution in [0.5, 0.6) is 0 Å². The number of imidazole rings is 1. The number of halogens is 3. The molecule has 0 aliphatic rings. The topological polar surface area (TPSA) is 85.8 Å². The molecule has 0 spiro atoms. The van der Waals surface area contributed by atoms with E-state index in [0.29, 0.717) is 23.3 Å². The summed E-state index contributed by atoms with van der Waals surface area (Å²) in [6, 6.07) is 1.71.